The standard InChI is InChI=1S/C13H24N2O2/c1-4-7-11-10(13(17)14-3)8-6-9-15(11)12(16)5-2/h10-11H,4-9H2,1-3H3,(H,14,17). The second kappa shape index (κ2) is 6.62. The second-order valence-electron chi connectivity index (χ2n) is 4.66. The number of piperidine rings is 1. The Kier molecular flexibility index (Phi) is 5.45. The molecule has 4 heteroatoms. The van der Waals surface area contributed by atoms with Crippen molar-refractivity contribution >= 4 is 11.8 Å². The van der Waals surface area contributed by atoms with Crippen LogP contribution in [0, 0.1) is 5.92 Å². The molecule has 1 fully saturated rings. The van der Waals surface area contributed by atoms with Gasteiger partial charge in [0.25, 0.3) is 0 Å². The largest absolute Gasteiger partial charge is 0.359 e. The average molecular weight is 240 g/mol. The highest BCUT2D eigenvalue weighted by Crippen LogP contribution is 2.27. The molecule has 0 radical (unpaired) electrons. The third kappa shape index (κ3) is 3.20. The van der Waals surface area contributed by atoms with Crippen LogP contribution in [0.5, 0.6) is 0 Å². The molecule has 0 saturated carbocycles. The van der Waals surface area contributed by atoms with Gasteiger partial charge in [-0.3, -0.25) is 9.59 Å². The number of nitrogens with one attached hydrogen (secondary N) is 1. The maximum Gasteiger partial charge on any atom is 0.224 e. The topological polar surface area (TPSA) is 49.4 Å². The van der Waals surface area contributed by atoms with Crippen molar-refractivity contribution in [3.05, 3.63) is 0 Å². The highest BCUT2D eigenvalue weighted by atomic mass is 16.2. The molecule has 98 valence electrons. The Morgan fingerprint density at radius 2 is 2.06 bits per heavy atom. The summed E-state index contributed by atoms with van der Waals surface area (Å²) < 4.78 is 0. The molecule has 1 heterocycles. The van der Waals surface area contributed by atoms with Gasteiger partial charge in [-0.05, 0) is 19.3 Å². The SMILES string of the molecule is CCCC1C(C(=O)NC)CCCN1C(=O)CC. The molecule has 2 atom stereocenters. The van der Waals surface area contributed by atoms with Crippen LogP contribution < -0.4 is 5.32 Å². The summed E-state index contributed by atoms with van der Waals surface area (Å²) >= 11 is 0. The number of likely N-dealkylation sites (tertiary alicyclic amines) is 1. The van der Waals surface area contributed by atoms with Crippen molar-refractivity contribution in [3.63, 3.8) is 0 Å². The van der Waals surface area contributed by atoms with Crippen LogP contribution in [0.25, 0.3) is 0 Å². The minimum atomic E-state index is -0.0239. The molecular weight excluding hydrogens is 216 g/mol. The van der Waals surface area contributed by atoms with E-state index in [1.54, 1.807) is 7.05 Å². The summed E-state index contributed by atoms with van der Waals surface area (Å²) in [7, 11) is 1.67. The quantitative estimate of drug-likeness (QED) is 0.810. The maximum atomic E-state index is 11.9. The molecule has 1 N–H and O–H groups in total. The number of nitrogens with zero attached hydrogens (tertiary/aromatic N) is 1. The highest BCUT2D eigenvalue weighted by molar-refractivity contribution is 5.81. The summed E-state index contributed by atoms with van der Waals surface area (Å²) in [5.74, 6) is 0.235. The summed E-state index contributed by atoms with van der Waals surface area (Å²) in [6, 6.07) is 0.0983. The Morgan fingerprint density at radius 3 is 2.59 bits per heavy atom. The molecule has 1 aliphatic rings. The molecule has 1 aliphatic heterocycles. The van der Waals surface area contributed by atoms with Crippen molar-refractivity contribution in [1.29, 1.82) is 0 Å². The van der Waals surface area contributed by atoms with Gasteiger partial charge in [-0.2, -0.15) is 0 Å². The first-order valence-electron chi connectivity index (χ1n) is 6.66. The molecule has 0 aromatic rings. The molecule has 0 aromatic heterocycles. The van der Waals surface area contributed by atoms with Crippen LogP contribution in [0.15, 0.2) is 0 Å². The van der Waals surface area contributed by atoms with E-state index < -0.39 is 0 Å². The first-order valence-corrected chi connectivity index (χ1v) is 6.66. The van der Waals surface area contributed by atoms with Gasteiger partial charge >= 0.3 is 0 Å². The van der Waals surface area contributed by atoms with Gasteiger partial charge in [0.05, 0.1) is 5.92 Å². The van der Waals surface area contributed by atoms with E-state index in [1.807, 2.05) is 11.8 Å². The van der Waals surface area contributed by atoms with Crippen molar-refractivity contribution in [3.8, 4) is 0 Å². The molecule has 2 amide bonds. The molecule has 1 saturated heterocycles. The van der Waals surface area contributed by atoms with E-state index in [-0.39, 0.29) is 23.8 Å². The van der Waals surface area contributed by atoms with Gasteiger partial charge < -0.3 is 10.2 Å². The Morgan fingerprint density at radius 1 is 1.35 bits per heavy atom. The monoisotopic (exact) mass is 240 g/mol. The van der Waals surface area contributed by atoms with Gasteiger partial charge in [0.1, 0.15) is 0 Å². The fraction of sp³-hybridized carbons (Fsp3) is 0.846. The fourth-order valence-corrected chi connectivity index (χ4v) is 2.71. The van der Waals surface area contributed by atoms with E-state index in [0.717, 1.165) is 32.2 Å². The Bertz CT molecular complexity index is 255. The van der Waals surface area contributed by atoms with Crippen molar-refractivity contribution in [2.24, 2.45) is 5.92 Å². The first kappa shape index (κ1) is 14.0. The minimum Gasteiger partial charge on any atom is -0.359 e. The molecule has 17 heavy (non-hydrogen) atoms. The van der Waals surface area contributed by atoms with Gasteiger partial charge in [0.15, 0.2) is 0 Å². The molecule has 2 unspecified atom stereocenters. The summed E-state index contributed by atoms with van der Waals surface area (Å²) in [5.41, 5.74) is 0. The molecule has 0 aliphatic carbocycles. The van der Waals surface area contributed by atoms with E-state index in [9.17, 15) is 9.59 Å². The van der Waals surface area contributed by atoms with Crippen molar-refractivity contribution in [2.75, 3.05) is 13.6 Å². The smallest absolute Gasteiger partial charge is 0.224 e. The van der Waals surface area contributed by atoms with E-state index in [0.29, 0.717) is 6.42 Å². The van der Waals surface area contributed by atoms with Crippen LogP contribution in [0.3, 0.4) is 0 Å². The normalized spacial score (nSPS) is 24.5. The first-order chi connectivity index (χ1) is 8.15. The molecule has 0 bridgehead atoms. The molecule has 0 aromatic carbocycles. The predicted octanol–water partition coefficient (Wildman–Crippen LogP) is 1.55. The molecule has 4 nitrogen and oxygen atoms in total. The highest BCUT2D eigenvalue weighted by Gasteiger charge is 2.36. The zero-order valence-corrected chi connectivity index (χ0v) is 11.2. The molecule has 0 spiro atoms. The van der Waals surface area contributed by atoms with Crippen molar-refractivity contribution in [1.82, 2.24) is 10.2 Å². The Balaban J connectivity index is 2.83. The number of hydrogen-bond donors (Lipinski definition) is 1. The number of carbonyl (C=O) groups excluding carboxylic acids is 2. The third-order valence-corrected chi connectivity index (χ3v) is 3.57. The summed E-state index contributed by atoms with van der Waals surface area (Å²) in [5, 5.41) is 2.72. The van der Waals surface area contributed by atoms with Crippen LogP contribution in [-0.4, -0.2) is 36.3 Å². The predicted molar refractivity (Wildman–Crippen MR) is 67.5 cm³/mol. The van der Waals surface area contributed by atoms with Gasteiger partial charge in [0, 0.05) is 26.1 Å². The lowest BCUT2D eigenvalue weighted by Crippen LogP contribution is -2.52. The van der Waals surface area contributed by atoms with E-state index >= 15 is 0 Å². The Hall–Kier alpha value is -1.06. The van der Waals surface area contributed by atoms with Gasteiger partial charge in [0.2, 0.25) is 11.8 Å². The van der Waals surface area contributed by atoms with E-state index in [4.69, 9.17) is 0 Å². The number of amides is 2. The van der Waals surface area contributed by atoms with Crippen molar-refractivity contribution < 1.29 is 9.59 Å². The van der Waals surface area contributed by atoms with Crippen LogP contribution in [0.1, 0.15) is 46.0 Å². The van der Waals surface area contributed by atoms with Crippen LogP contribution in [0.2, 0.25) is 0 Å². The summed E-state index contributed by atoms with van der Waals surface area (Å²) in [4.78, 5) is 25.7. The van der Waals surface area contributed by atoms with Gasteiger partial charge in [-0.1, -0.05) is 20.3 Å². The van der Waals surface area contributed by atoms with Crippen molar-refractivity contribution in [2.45, 2.75) is 52.0 Å². The van der Waals surface area contributed by atoms with E-state index in [2.05, 4.69) is 12.2 Å². The van der Waals surface area contributed by atoms with Crippen LogP contribution >= 0.6 is 0 Å². The van der Waals surface area contributed by atoms with Gasteiger partial charge in [-0.25, -0.2) is 0 Å². The third-order valence-electron chi connectivity index (χ3n) is 3.57. The van der Waals surface area contributed by atoms with E-state index in [1.165, 1.54) is 0 Å². The lowest BCUT2D eigenvalue weighted by atomic mass is 9.85. The average Bonchev–Trinajstić information content (AvgIpc) is 2.37. The zero-order valence-electron chi connectivity index (χ0n) is 11.2. The minimum absolute atomic E-state index is 0.0239. The number of hydrogen-bond acceptors (Lipinski definition) is 2. The lowest BCUT2D eigenvalue weighted by molar-refractivity contribution is -0.140. The van der Waals surface area contributed by atoms with Gasteiger partial charge in [-0.15, -0.1) is 0 Å². The summed E-state index contributed by atoms with van der Waals surface area (Å²) in [6.45, 7) is 4.80. The molecule has 1 rings (SSSR count). The maximum absolute atomic E-state index is 11.9. The Labute approximate surface area is 104 Å². The fourth-order valence-electron chi connectivity index (χ4n) is 2.71. The summed E-state index contributed by atoms with van der Waals surface area (Å²) in [6.07, 6.45) is 4.29. The molecular formula is C13H24N2O2. The van der Waals surface area contributed by atoms with Crippen LogP contribution in [-0.2, 0) is 9.59 Å². The number of carbonyl (C=O) groups is 2. The van der Waals surface area contributed by atoms with Crippen LogP contribution in [0.4, 0.5) is 0 Å². The number of rotatable bonds is 4. The second-order valence-corrected chi connectivity index (χ2v) is 4.66. The zero-order chi connectivity index (χ0) is 12.8. The lowest BCUT2D eigenvalue weighted by Gasteiger charge is -2.40.